The highest BCUT2D eigenvalue weighted by Gasteiger charge is 2.30. The Balaban J connectivity index is 1.49. The number of amides is 1. The lowest BCUT2D eigenvalue weighted by Gasteiger charge is -2.30. The molecule has 1 unspecified atom stereocenters. The minimum absolute atomic E-state index is 0.112. The summed E-state index contributed by atoms with van der Waals surface area (Å²) in [4.78, 5) is 31.1. The first-order valence-electron chi connectivity index (χ1n) is 10.5. The quantitative estimate of drug-likeness (QED) is 0.602. The van der Waals surface area contributed by atoms with Gasteiger partial charge in [-0.2, -0.15) is 10.1 Å². The Morgan fingerprint density at radius 1 is 1.29 bits per heavy atom. The molecule has 0 spiro atoms. The fourth-order valence-electron chi connectivity index (χ4n) is 3.70. The second kappa shape index (κ2) is 9.20. The predicted molar refractivity (Wildman–Crippen MR) is 111 cm³/mol. The molecule has 0 bridgehead atoms. The van der Waals surface area contributed by atoms with Gasteiger partial charge in [0.05, 0.1) is 5.92 Å². The maximum Gasteiger partial charge on any atom is 0.274 e. The van der Waals surface area contributed by atoms with Gasteiger partial charge in [-0.1, -0.05) is 30.6 Å². The number of hydrogen-bond donors (Lipinski definition) is 0. The van der Waals surface area contributed by atoms with Gasteiger partial charge in [-0.15, -0.1) is 0 Å². The van der Waals surface area contributed by atoms with Crippen LogP contribution in [0.1, 0.15) is 54.9 Å². The highest BCUT2D eigenvalue weighted by Crippen LogP contribution is 2.28. The van der Waals surface area contributed by atoms with Gasteiger partial charge in [0.1, 0.15) is 11.5 Å². The maximum absolute atomic E-state index is 13.5. The molecular weight excluding hydrogens is 401 g/mol. The monoisotopic (exact) mass is 425 g/mol. The highest BCUT2D eigenvalue weighted by atomic mass is 19.1. The summed E-state index contributed by atoms with van der Waals surface area (Å²) in [5.41, 5.74) is 0.580. The minimum atomic E-state index is -0.369. The van der Waals surface area contributed by atoms with Crippen LogP contribution in [0.25, 0.3) is 11.4 Å². The molecule has 0 aliphatic carbocycles. The van der Waals surface area contributed by atoms with E-state index in [-0.39, 0.29) is 28.9 Å². The molecule has 8 nitrogen and oxygen atoms in total. The number of aromatic nitrogens is 4. The number of carbonyl (C=O) groups is 1. The lowest BCUT2D eigenvalue weighted by Crippen LogP contribution is -2.40. The molecule has 2 aromatic heterocycles. The molecule has 3 heterocycles. The van der Waals surface area contributed by atoms with Crippen LogP contribution in [0.2, 0.25) is 0 Å². The Labute approximate surface area is 178 Å². The summed E-state index contributed by atoms with van der Waals surface area (Å²) in [5.74, 6) is 0.0460. The molecular formula is C22H24FN5O3. The first-order valence-corrected chi connectivity index (χ1v) is 10.5. The smallest absolute Gasteiger partial charge is 0.274 e. The largest absolute Gasteiger partial charge is 0.339 e. The van der Waals surface area contributed by atoms with E-state index in [9.17, 15) is 14.0 Å². The summed E-state index contributed by atoms with van der Waals surface area (Å²) in [6.07, 6.45) is 3.34. The molecule has 0 saturated carbocycles. The van der Waals surface area contributed by atoms with Crippen molar-refractivity contribution in [1.82, 2.24) is 24.8 Å². The molecule has 9 heteroatoms. The lowest BCUT2D eigenvalue weighted by molar-refractivity contribution is 0.0686. The van der Waals surface area contributed by atoms with E-state index in [0.717, 1.165) is 25.7 Å². The second-order valence-corrected chi connectivity index (χ2v) is 7.69. The van der Waals surface area contributed by atoms with Crippen molar-refractivity contribution in [3.63, 3.8) is 0 Å². The fourth-order valence-corrected chi connectivity index (χ4v) is 3.70. The van der Waals surface area contributed by atoms with Crippen molar-refractivity contribution in [3.05, 3.63) is 64.2 Å². The summed E-state index contributed by atoms with van der Waals surface area (Å²) in [6, 6.07) is 8.88. The van der Waals surface area contributed by atoms with E-state index >= 15 is 0 Å². The molecule has 1 aliphatic rings. The number of hydrogen-bond acceptors (Lipinski definition) is 6. The molecule has 31 heavy (non-hydrogen) atoms. The molecule has 1 aliphatic heterocycles. The van der Waals surface area contributed by atoms with Gasteiger partial charge in [0.15, 0.2) is 0 Å². The van der Waals surface area contributed by atoms with Crippen LogP contribution < -0.4 is 5.56 Å². The number of likely N-dealkylation sites (tertiary alicyclic amines) is 1. The van der Waals surface area contributed by atoms with Gasteiger partial charge in [0, 0.05) is 31.3 Å². The molecule has 3 aromatic rings. The molecule has 0 N–H and O–H groups in total. The van der Waals surface area contributed by atoms with Crippen LogP contribution >= 0.6 is 0 Å². The van der Waals surface area contributed by atoms with Gasteiger partial charge in [-0.3, -0.25) is 9.59 Å². The van der Waals surface area contributed by atoms with Crippen LogP contribution in [0.3, 0.4) is 0 Å². The van der Waals surface area contributed by atoms with Gasteiger partial charge >= 0.3 is 0 Å². The number of piperidine rings is 1. The van der Waals surface area contributed by atoms with Crippen LogP contribution in [0, 0.1) is 5.82 Å². The number of carbonyl (C=O) groups excluding carboxylic acids is 1. The molecule has 1 aromatic carbocycles. The van der Waals surface area contributed by atoms with Crippen molar-refractivity contribution in [2.75, 3.05) is 13.1 Å². The molecule has 1 atom stereocenters. The van der Waals surface area contributed by atoms with Gasteiger partial charge in [0.25, 0.3) is 11.5 Å². The predicted octanol–water partition coefficient (Wildman–Crippen LogP) is 3.25. The van der Waals surface area contributed by atoms with Crippen LogP contribution in [-0.2, 0) is 6.54 Å². The Hall–Kier alpha value is -3.36. The van der Waals surface area contributed by atoms with E-state index in [1.54, 1.807) is 17.0 Å². The summed E-state index contributed by atoms with van der Waals surface area (Å²) < 4.78 is 20.3. The highest BCUT2D eigenvalue weighted by molar-refractivity contribution is 5.92. The van der Waals surface area contributed by atoms with Crippen molar-refractivity contribution in [1.29, 1.82) is 0 Å². The average molecular weight is 425 g/mol. The first kappa shape index (κ1) is 20.9. The molecule has 162 valence electrons. The van der Waals surface area contributed by atoms with Crippen molar-refractivity contribution >= 4 is 5.91 Å². The Bertz CT molecular complexity index is 1130. The van der Waals surface area contributed by atoms with Crippen LogP contribution in [0.5, 0.6) is 0 Å². The Morgan fingerprint density at radius 3 is 2.97 bits per heavy atom. The summed E-state index contributed by atoms with van der Waals surface area (Å²) >= 11 is 0. The average Bonchev–Trinajstić information content (AvgIpc) is 3.29. The van der Waals surface area contributed by atoms with Crippen molar-refractivity contribution in [3.8, 4) is 11.4 Å². The topological polar surface area (TPSA) is 94.1 Å². The van der Waals surface area contributed by atoms with Crippen molar-refractivity contribution in [2.24, 2.45) is 0 Å². The SMILES string of the molecule is CCCCn1nc(C(=O)N2CCCC(c3nc(-c4cccc(F)c4)no3)C2)ccc1=O. The fraction of sp³-hybridized carbons (Fsp3) is 0.409. The Morgan fingerprint density at radius 2 is 2.16 bits per heavy atom. The summed E-state index contributed by atoms with van der Waals surface area (Å²) in [6.45, 7) is 3.53. The zero-order chi connectivity index (χ0) is 21.8. The summed E-state index contributed by atoms with van der Waals surface area (Å²) in [5, 5.41) is 8.23. The van der Waals surface area contributed by atoms with E-state index in [4.69, 9.17) is 4.52 Å². The molecule has 4 rings (SSSR count). The third kappa shape index (κ3) is 4.70. The normalized spacial score (nSPS) is 16.5. The number of benzene rings is 1. The lowest BCUT2D eigenvalue weighted by atomic mass is 9.97. The minimum Gasteiger partial charge on any atom is -0.339 e. The molecule has 0 radical (unpaired) electrons. The third-order valence-corrected chi connectivity index (χ3v) is 5.39. The number of unbranched alkanes of at least 4 members (excludes halogenated alkanes) is 1. The second-order valence-electron chi connectivity index (χ2n) is 7.69. The standard InChI is InChI=1S/C22H24FN5O3/c1-2-3-12-28-19(29)10-9-18(25-28)22(30)27-11-5-7-16(14-27)21-24-20(26-31-21)15-6-4-8-17(23)13-15/h4,6,8-10,13,16H,2-3,5,7,11-12,14H2,1H3. The molecule has 1 fully saturated rings. The van der Waals surface area contributed by atoms with E-state index in [1.165, 1.54) is 28.9 Å². The number of aryl methyl sites for hydroxylation is 1. The number of halogens is 1. The first-order chi connectivity index (χ1) is 15.0. The van der Waals surface area contributed by atoms with Gasteiger partial charge in [-0.05, 0) is 37.5 Å². The Kier molecular flexibility index (Phi) is 6.20. The van der Waals surface area contributed by atoms with Crippen LogP contribution in [0.15, 0.2) is 45.7 Å². The zero-order valence-corrected chi connectivity index (χ0v) is 17.3. The van der Waals surface area contributed by atoms with Crippen LogP contribution in [-0.4, -0.2) is 43.8 Å². The van der Waals surface area contributed by atoms with Gasteiger partial charge in [-0.25, -0.2) is 9.07 Å². The van der Waals surface area contributed by atoms with E-state index in [1.807, 2.05) is 6.92 Å². The van der Waals surface area contributed by atoms with Crippen molar-refractivity contribution < 1.29 is 13.7 Å². The number of nitrogens with zero attached hydrogens (tertiary/aromatic N) is 5. The molecule has 1 saturated heterocycles. The van der Waals surface area contributed by atoms with Crippen LogP contribution in [0.4, 0.5) is 4.39 Å². The van der Waals surface area contributed by atoms with Gasteiger partial charge < -0.3 is 9.42 Å². The van der Waals surface area contributed by atoms with Gasteiger partial charge in [0.2, 0.25) is 11.7 Å². The zero-order valence-electron chi connectivity index (χ0n) is 17.3. The number of rotatable bonds is 6. The van der Waals surface area contributed by atoms with E-state index in [2.05, 4.69) is 15.2 Å². The maximum atomic E-state index is 13.5. The van der Waals surface area contributed by atoms with Crippen molar-refractivity contribution in [2.45, 2.75) is 45.1 Å². The third-order valence-electron chi connectivity index (χ3n) is 5.39. The molecule has 1 amide bonds. The summed E-state index contributed by atoms with van der Waals surface area (Å²) in [7, 11) is 0. The van der Waals surface area contributed by atoms with E-state index in [0.29, 0.717) is 36.9 Å². The van der Waals surface area contributed by atoms with E-state index < -0.39 is 0 Å².